The van der Waals surface area contributed by atoms with Crippen LogP contribution in [0.3, 0.4) is 0 Å². The van der Waals surface area contributed by atoms with Gasteiger partial charge in [0.2, 0.25) is 0 Å². The summed E-state index contributed by atoms with van der Waals surface area (Å²) in [6, 6.07) is 9.94. The highest BCUT2D eigenvalue weighted by molar-refractivity contribution is 14.1. The predicted molar refractivity (Wildman–Crippen MR) is 79.0 cm³/mol. The second-order valence-electron chi connectivity index (χ2n) is 3.93. The Bertz CT molecular complexity index is 598. The van der Waals surface area contributed by atoms with Crippen LogP contribution in [-0.4, -0.2) is 6.29 Å². The number of hydrogen-bond acceptors (Lipinski definition) is 2. The molecule has 1 N–H and O–H groups in total. The molecule has 92 valence electrons. The molecule has 0 saturated heterocycles. The summed E-state index contributed by atoms with van der Waals surface area (Å²) in [4.78, 5) is 10.9. The standard InChI is InChI=1S/C14H11FINO/c1-9-6-12(16)4-5-13(9)17-14-7-11(15)3-2-10(14)8-18/h2-8,17H,1H3. The van der Waals surface area contributed by atoms with Crippen molar-refractivity contribution in [2.75, 3.05) is 5.32 Å². The summed E-state index contributed by atoms with van der Waals surface area (Å²) >= 11 is 2.23. The molecular weight excluding hydrogens is 344 g/mol. The molecule has 2 aromatic carbocycles. The first-order valence-corrected chi connectivity index (χ1v) is 6.46. The Morgan fingerprint density at radius 1 is 1.17 bits per heavy atom. The molecule has 0 aliphatic heterocycles. The molecule has 0 fully saturated rings. The number of carbonyl (C=O) groups is 1. The van der Waals surface area contributed by atoms with E-state index in [1.807, 2.05) is 25.1 Å². The van der Waals surface area contributed by atoms with Crippen LogP contribution in [-0.2, 0) is 0 Å². The minimum Gasteiger partial charge on any atom is -0.355 e. The summed E-state index contributed by atoms with van der Waals surface area (Å²) in [6.07, 6.45) is 0.712. The molecule has 0 atom stereocenters. The van der Waals surface area contributed by atoms with E-state index in [1.165, 1.54) is 18.2 Å². The first kappa shape index (κ1) is 13.0. The molecule has 0 spiro atoms. The first-order valence-electron chi connectivity index (χ1n) is 5.38. The van der Waals surface area contributed by atoms with Crippen LogP contribution in [0.2, 0.25) is 0 Å². The number of halogens is 2. The van der Waals surface area contributed by atoms with Crippen LogP contribution in [0, 0.1) is 16.3 Å². The molecule has 0 amide bonds. The second kappa shape index (κ2) is 5.48. The number of nitrogens with one attached hydrogen (secondary N) is 1. The predicted octanol–water partition coefficient (Wildman–Crippen LogP) is 4.29. The summed E-state index contributed by atoms with van der Waals surface area (Å²) in [5.41, 5.74) is 2.83. The van der Waals surface area contributed by atoms with Gasteiger partial charge in [0.05, 0.1) is 5.69 Å². The zero-order chi connectivity index (χ0) is 13.1. The van der Waals surface area contributed by atoms with E-state index < -0.39 is 0 Å². The van der Waals surface area contributed by atoms with Gasteiger partial charge in [0.1, 0.15) is 5.82 Å². The van der Waals surface area contributed by atoms with Crippen LogP contribution in [0.25, 0.3) is 0 Å². The molecule has 0 aliphatic carbocycles. The van der Waals surface area contributed by atoms with Crippen LogP contribution < -0.4 is 5.32 Å². The molecule has 0 heterocycles. The fourth-order valence-electron chi connectivity index (χ4n) is 1.65. The lowest BCUT2D eigenvalue weighted by atomic mass is 10.1. The van der Waals surface area contributed by atoms with E-state index >= 15 is 0 Å². The maximum absolute atomic E-state index is 13.2. The minimum atomic E-state index is -0.369. The summed E-state index contributed by atoms with van der Waals surface area (Å²) in [5, 5.41) is 3.09. The molecule has 4 heteroatoms. The zero-order valence-corrected chi connectivity index (χ0v) is 11.9. The maximum Gasteiger partial charge on any atom is 0.152 e. The Morgan fingerprint density at radius 2 is 1.94 bits per heavy atom. The van der Waals surface area contributed by atoms with Gasteiger partial charge in [-0.2, -0.15) is 0 Å². The van der Waals surface area contributed by atoms with Gasteiger partial charge in [0.25, 0.3) is 0 Å². The van der Waals surface area contributed by atoms with Crippen molar-refractivity contribution in [2.24, 2.45) is 0 Å². The van der Waals surface area contributed by atoms with Crippen LogP contribution in [0.1, 0.15) is 15.9 Å². The second-order valence-corrected chi connectivity index (χ2v) is 5.18. The molecule has 18 heavy (non-hydrogen) atoms. The lowest BCUT2D eigenvalue weighted by molar-refractivity contribution is 0.112. The molecule has 0 bridgehead atoms. The molecule has 0 saturated carbocycles. The Hall–Kier alpha value is -1.43. The molecule has 2 nitrogen and oxygen atoms in total. The third kappa shape index (κ3) is 2.87. The molecule has 0 aromatic heterocycles. The van der Waals surface area contributed by atoms with Crippen LogP contribution >= 0.6 is 22.6 Å². The molecular formula is C14H11FINO. The average Bonchev–Trinajstić information content (AvgIpc) is 2.33. The van der Waals surface area contributed by atoms with Crippen LogP contribution in [0.4, 0.5) is 15.8 Å². The van der Waals surface area contributed by atoms with Crippen molar-refractivity contribution in [3.63, 3.8) is 0 Å². The van der Waals surface area contributed by atoms with Gasteiger partial charge in [-0.25, -0.2) is 4.39 Å². The summed E-state index contributed by atoms with van der Waals surface area (Å²) in [5.74, 6) is -0.369. The fraction of sp³-hybridized carbons (Fsp3) is 0.0714. The lowest BCUT2D eigenvalue weighted by Gasteiger charge is -2.11. The van der Waals surface area contributed by atoms with E-state index in [9.17, 15) is 9.18 Å². The highest BCUT2D eigenvalue weighted by atomic mass is 127. The highest BCUT2D eigenvalue weighted by Gasteiger charge is 2.05. The van der Waals surface area contributed by atoms with Crippen molar-refractivity contribution in [1.29, 1.82) is 0 Å². The lowest BCUT2D eigenvalue weighted by Crippen LogP contribution is -1.98. The smallest absolute Gasteiger partial charge is 0.152 e. The van der Waals surface area contributed by atoms with Crippen LogP contribution in [0.5, 0.6) is 0 Å². The van der Waals surface area contributed by atoms with Crippen LogP contribution in [0.15, 0.2) is 36.4 Å². The molecule has 0 radical (unpaired) electrons. The maximum atomic E-state index is 13.2. The van der Waals surface area contributed by atoms with Crippen molar-refractivity contribution in [3.05, 3.63) is 56.9 Å². The number of rotatable bonds is 3. The number of hydrogen-bond donors (Lipinski definition) is 1. The SMILES string of the molecule is Cc1cc(I)ccc1Nc1cc(F)ccc1C=O. The average molecular weight is 355 g/mol. The largest absolute Gasteiger partial charge is 0.355 e. The first-order chi connectivity index (χ1) is 8.60. The third-order valence-corrected chi connectivity index (χ3v) is 3.27. The Labute approximate surface area is 118 Å². The third-order valence-electron chi connectivity index (χ3n) is 2.60. The van der Waals surface area contributed by atoms with Gasteiger partial charge in [0, 0.05) is 14.8 Å². The summed E-state index contributed by atoms with van der Waals surface area (Å²) < 4.78 is 14.3. The van der Waals surface area contributed by atoms with Crippen molar-refractivity contribution >= 4 is 40.3 Å². The number of anilines is 2. The van der Waals surface area contributed by atoms with E-state index in [1.54, 1.807) is 0 Å². The summed E-state index contributed by atoms with van der Waals surface area (Å²) in [7, 11) is 0. The Morgan fingerprint density at radius 3 is 2.61 bits per heavy atom. The van der Waals surface area contributed by atoms with Gasteiger partial charge in [-0.15, -0.1) is 0 Å². The highest BCUT2D eigenvalue weighted by Crippen LogP contribution is 2.24. The monoisotopic (exact) mass is 355 g/mol. The Kier molecular flexibility index (Phi) is 3.96. The Balaban J connectivity index is 2.39. The van der Waals surface area contributed by atoms with Crippen molar-refractivity contribution < 1.29 is 9.18 Å². The minimum absolute atomic E-state index is 0.369. The van der Waals surface area contributed by atoms with Gasteiger partial charge in [-0.3, -0.25) is 4.79 Å². The van der Waals surface area contributed by atoms with Crippen molar-refractivity contribution in [3.8, 4) is 0 Å². The van der Waals surface area contributed by atoms with Gasteiger partial charge in [-0.1, -0.05) is 0 Å². The van der Waals surface area contributed by atoms with E-state index in [4.69, 9.17) is 0 Å². The van der Waals surface area contributed by atoms with Gasteiger partial charge in [-0.05, 0) is 71.5 Å². The number of aldehydes is 1. The van der Waals surface area contributed by atoms with Crippen molar-refractivity contribution in [2.45, 2.75) is 6.92 Å². The fourth-order valence-corrected chi connectivity index (χ4v) is 2.30. The van der Waals surface area contributed by atoms with E-state index in [0.717, 1.165) is 14.8 Å². The normalized spacial score (nSPS) is 10.2. The van der Waals surface area contributed by atoms with E-state index in [2.05, 4.69) is 27.9 Å². The molecule has 0 unspecified atom stereocenters. The van der Waals surface area contributed by atoms with E-state index in [0.29, 0.717) is 17.5 Å². The quantitative estimate of drug-likeness (QED) is 0.657. The number of benzene rings is 2. The van der Waals surface area contributed by atoms with Gasteiger partial charge in [0.15, 0.2) is 6.29 Å². The van der Waals surface area contributed by atoms with Gasteiger partial charge < -0.3 is 5.32 Å². The van der Waals surface area contributed by atoms with Crippen molar-refractivity contribution in [1.82, 2.24) is 0 Å². The number of aryl methyl sites for hydroxylation is 1. The molecule has 0 aliphatic rings. The molecule has 2 rings (SSSR count). The van der Waals surface area contributed by atoms with E-state index in [-0.39, 0.29) is 5.82 Å². The topological polar surface area (TPSA) is 29.1 Å². The van der Waals surface area contributed by atoms with Gasteiger partial charge >= 0.3 is 0 Å². The number of carbonyl (C=O) groups excluding carboxylic acids is 1. The zero-order valence-electron chi connectivity index (χ0n) is 9.71. The summed E-state index contributed by atoms with van der Waals surface area (Å²) in [6.45, 7) is 1.96. The molecule has 2 aromatic rings.